The number of halogens is 1. The molecule has 2 rings (SSSR count). The molecule has 0 aromatic heterocycles. The van der Waals surface area contributed by atoms with Crippen LogP contribution in [0.1, 0.15) is 29.6 Å². The fourth-order valence-corrected chi connectivity index (χ4v) is 2.77. The van der Waals surface area contributed by atoms with Gasteiger partial charge < -0.3 is 15.3 Å². The average Bonchev–Trinajstić information content (AvgIpc) is 2.91. The van der Waals surface area contributed by atoms with Crippen molar-refractivity contribution in [3.8, 4) is 0 Å². The van der Waals surface area contributed by atoms with Gasteiger partial charge in [-0.1, -0.05) is 0 Å². The molecule has 0 aliphatic carbocycles. The number of carbonyl (C=O) groups excluding carboxylic acids is 1. The number of nitrogens with zero attached hydrogens (tertiary/aromatic N) is 1. The molecule has 108 valence electrons. The molecule has 1 heterocycles. The smallest absolute Gasteiger partial charge is 0.337 e. The van der Waals surface area contributed by atoms with E-state index in [9.17, 15) is 9.59 Å². The molecule has 0 bridgehead atoms. The average molecular weight is 388 g/mol. The molecule has 1 aromatic carbocycles. The molecule has 6 heteroatoms. The Morgan fingerprint density at radius 2 is 2.00 bits per heavy atom. The van der Waals surface area contributed by atoms with Crippen LogP contribution < -0.4 is 5.32 Å². The second-order valence-electron chi connectivity index (χ2n) is 4.84. The van der Waals surface area contributed by atoms with Crippen molar-refractivity contribution in [2.24, 2.45) is 0 Å². The van der Waals surface area contributed by atoms with Crippen molar-refractivity contribution in [1.29, 1.82) is 0 Å². The van der Waals surface area contributed by atoms with Crippen LogP contribution in [-0.2, 0) is 4.79 Å². The van der Waals surface area contributed by atoms with Crippen LogP contribution in [0.3, 0.4) is 0 Å². The van der Waals surface area contributed by atoms with E-state index in [-0.39, 0.29) is 11.5 Å². The molecule has 0 atom stereocenters. The number of carbonyl (C=O) groups is 2. The number of carboxylic acid groups (broad SMARTS) is 1. The molecule has 1 saturated heterocycles. The highest BCUT2D eigenvalue weighted by atomic mass is 127. The minimum atomic E-state index is -1.03. The summed E-state index contributed by atoms with van der Waals surface area (Å²) in [6.07, 6.45) is 2.79. The Bertz CT molecular complexity index is 513. The number of likely N-dealkylation sites (tertiary alicyclic amines) is 1. The van der Waals surface area contributed by atoms with Crippen molar-refractivity contribution in [1.82, 2.24) is 4.90 Å². The van der Waals surface area contributed by atoms with Gasteiger partial charge in [0.05, 0.1) is 11.3 Å². The van der Waals surface area contributed by atoms with Crippen molar-refractivity contribution >= 4 is 40.2 Å². The van der Waals surface area contributed by atoms with Gasteiger partial charge in [0.2, 0.25) is 5.91 Å². The summed E-state index contributed by atoms with van der Waals surface area (Å²) >= 11 is 2.05. The Hall–Kier alpha value is -1.15. The lowest BCUT2D eigenvalue weighted by atomic mass is 10.1. The number of benzene rings is 1. The van der Waals surface area contributed by atoms with E-state index in [1.807, 2.05) is 22.6 Å². The Morgan fingerprint density at radius 3 is 2.65 bits per heavy atom. The fraction of sp³-hybridized carbons (Fsp3) is 0.429. The predicted molar refractivity (Wildman–Crippen MR) is 85.0 cm³/mol. The van der Waals surface area contributed by atoms with Gasteiger partial charge in [-0.2, -0.15) is 0 Å². The summed E-state index contributed by atoms with van der Waals surface area (Å²) in [6, 6.07) is 4.97. The Balaban J connectivity index is 1.94. The van der Waals surface area contributed by atoms with Crippen LogP contribution in [0.2, 0.25) is 0 Å². The first-order valence-corrected chi connectivity index (χ1v) is 7.69. The zero-order chi connectivity index (χ0) is 14.5. The molecular weight excluding hydrogens is 371 g/mol. The van der Waals surface area contributed by atoms with Gasteiger partial charge in [-0.15, -0.1) is 0 Å². The van der Waals surface area contributed by atoms with E-state index in [0.717, 1.165) is 23.2 Å². The molecule has 1 aromatic rings. The number of hydrogen-bond donors (Lipinski definition) is 2. The number of rotatable bonds is 5. The molecular formula is C14H17IN2O3. The Labute approximate surface area is 131 Å². The summed E-state index contributed by atoms with van der Waals surface area (Å²) in [7, 11) is 0. The van der Waals surface area contributed by atoms with E-state index in [0.29, 0.717) is 12.1 Å². The molecule has 0 spiro atoms. The van der Waals surface area contributed by atoms with Crippen molar-refractivity contribution in [2.75, 3.05) is 25.0 Å². The van der Waals surface area contributed by atoms with Crippen LogP contribution in [0.25, 0.3) is 0 Å². The van der Waals surface area contributed by atoms with Crippen molar-refractivity contribution < 1.29 is 14.7 Å². The topological polar surface area (TPSA) is 69.6 Å². The minimum absolute atomic E-state index is 0.131. The van der Waals surface area contributed by atoms with Gasteiger partial charge in [0, 0.05) is 16.5 Å². The summed E-state index contributed by atoms with van der Waals surface area (Å²) in [6.45, 7) is 2.84. The highest BCUT2D eigenvalue weighted by Gasteiger charge is 2.15. The molecule has 1 amide bonds. The maximum atomic E-state index is 11.9. The molecule has 0 saturated carbocycles. The van der Waals surface area contributed by atoms with E-state index in [2.05, 4.69) is 10.2 Å². The molecule has 0 unspecified atom stereocenters. The third-order valence-corrected chi connectivity index (χ3v) is 4.01. The first kappa shape index (κ1) is 15.2. The molecule has 5 nitrogen and oxygen atoms in total. The summed E-state index contributed by atoms with van der Waals surface area (Å²) in [5.74, 6) is -1.17. The number of amides is 1. The molecule has 2 N–H and O–H groups in total. The monoisotopic (exact) mass is 388 g/mol. The van der Waals surface area contributed by atoms with E-state index >= 15 is 0 Å². The zero-order valence-electron chi connectivity index (χ0n) is 11.1. The lowest BCUT2D eigenvalue weighted by Crippen LogP contribution is -2.25. The largest absolute Gasteiger partial charge is 0.478 e. The lowest BCUT2D eigenvalue weighted by molar-refractivity contribution is -0.116. The summed E-state index contributed by atoms with van der Waals surface area (Å²) < 4.78 is 0.829. The maximum absolute atomic E-state index is 11.9. The highest BCUT2D eigenvalue weighted by molar-refractivity contribution is 14.1. The summed E-state index contributed by atoms with van der Waals surface area (Å²) in [5.41, 5.74) is 0.496. The maximum Gasteiger partial charge on any atom is 0.337 e. The van der Waals surface area contributed by atoms with E-state index in [1.165, 1.54) is 12.8 Å². The third-order valence-electron chi connectivity index (χ3n) is 3.34. The number of aromatic carboxylic acids is 1. The van der Waals surface area contributed by atoms with Gasteiger partial charge in [-0.3, -0.25) is 4.79 Å². The fourth-order valence-electron chi connectivity index (χ4n) is 2.28. The van der Waals surface area contributed by atoms with Gasteiger partial charge >= 0.3 is 5.97 Å². The van der Waals surface area contributed by atoms with Crippen LogP contribution >= 0.6 is 22.6 Å². The van der Waals surface area contributed by atoms with E-state index in [1.54, 1.807) is 18.2 Å². The molecule has 1 aliphatic heterocycles. The highest BCUT2D eigenvalue weighted by Crippen LogP contribution is 2.19. The number of carboxylic acids is 1. The third kappa shape index (κ3) is 4.17. The normalized spacial score (nSPS) is 15.2. The van der Waals surface area contributed by atoms with Crippen molar-refractivity contribution in [3.63, 3.8) is 0 Å². The summed E-state index contributed by atoms with van der Waals surface area (Å²) in [4.78, 5) is 25.3. The first-order valence-electron chi connectivity index (χ1n) is 6.61. The predicted octanol–water partition coefficient (Wildman–Crippen LogP) is 2.41. The van der Waals surface area contributed by atoms with E-state index in [4.69, 9.17) is 5.11 Å². The zero-order valence-corrected chi connectivity index (χ0v) is 13.2. The number of hydrogen-bond acceptors (Lipinski definition) is 3. The number of nitrogens with one attached hydrogen (secondary N) is 1. The molecule has 0 radical (unpaired) electrons. The second kappa shape index (κ2) is 7.03. The number of anilines is 1. The van der Waals surface area contributed by atoms with Gasteiger partial charge in [0.15, 0.2) is 0 Å². The van der Waals surface area contributed by atoms with Gasteiger partial charge in [-0.25, -0.2) is 4.79 Å². The quantitative estimate of drug-likeness (QED) is 0.761. The minimum Gasteiger partial charge on any atom is -0.478 e. The van der Waals surface area contributed by atoms with Crippen LogP contribution in [0.15, 0.2) is 18.2 Å². The Kier molecular flexibility index (Phi) is 5.36. The van der Waals surface area contributed by atoms with E-state index < -0.39 is 5.97 Å². The van der Waals surface area contributed by atoms with Crippen LogP contribution in [-0.4, -0.2) is 41.5 Å². The van der Waals surface area contributed by atoms with Gasteiger partial charge in [-0.05, 0) is 66.7 Å². The molecule has 20 heavy (non-hydrogen) atoms. The molecule has 1 fully saturated rings. The lowest BCUT2D eigenvalue weighted by Gasteiger charge is -2.14. The van der Waals surface area contributed by atoms with Crippen molar-refractivity contribution in [2.45, 2.75) is 19.3 Å². The first-order chi connectivity index (χ1) is 9.56. The Morgan fingerprint density at radius 1 is 1.30 bits per heavy atom. The van der Waals surface area contributed by atoms with Gasteiger partial charge in [0.1, 0.15) is 0 Å². The standard InChI is InChI=1S/C14H17IN2O3/c15-10-3-4-12(11(9-10)14(19)20)16-13(18)5-8-17-6-1-2-7-17/h3-4,9H,1-2,5-8H2,(H,16,18)(H,19,20). The van der Waals surface area contributed by atoms with Crippen LogP contribution in [0.5, 0.6) is 0 Å². The van der Waals surface area contributed by atoms with Crippen molar-refractivity contribution in [3.05, 3.63) is 27.3 Å². The van der Waals surface area contributed by atoms with Crippen LogP contribution in [0, 0.1) is 3.57 Å². The second-order valence-corrected chi connectivity index (χ2v) is 6.09. The summed E-state index contributed by atoms with van der Waals surface area (Å²) in [5, 5.41) is 11.8. The van der Waals surface area contributed by atoms with Crippen LogP contribution in [0.4, 0.5) is 5.69 Å². The van der Waals surface area contributed by atoms with Gasteiger partial charge in [0.25, 0.3) is 0 Å². The SMILES string of the molecule is O=C(CCN1CCCC1)Nc1ccc(I)cc1C(=O)O. The molecule has 1 aliphatic rings.